The molecule has 0 aliphatic rings. The molecule has 0 aliphatic heterocycles. The molecule has 1 aromatic rings. The molecule has 0 unspecified atom stereocenters. The van der Waals surface area contributed by atoms with E-state index in [0.717, 1.165) is 11.8 Å². The van der Waals surface area contributed by atoms with Crippen LogP contribution in [-0.4, -0.2) is 66.2 Å². The van der Waals surface area contributed by atoms with E-state index in [0.29, 0.717) is 0 Å². The summed E-state index contributed by atoms with van der Waals surface area (Å²) in [6.07, 6.45) is 0.397. The van der Waals surface area contributed by atoms with Crippen LogP contribution in [0.1, 0.15) is 39.7 Å². The van der Waals surface area contributed by atoms with E-state index >= 15 is 0 Å². The van der Waals surface area contributed by atoms with Crippen molar-refractivity contribution in [1.82, 2.24) is 21.3 Å². The Morgan fingerprint density at radius 3 is 2.13 bits per heavy atom. The first-order valence-corrected chi connectivity index (χ1v) is 12.2. The van der Waals surface area contributed by atoms with E-state index in [-0.39, 0.29) is 18.9 Å². The lowest BCUT2D eigenvalue weighted by Crippen LogP contribution is -2.58. The average Bonchev–Trinajstić information content (AvgIpc) is 2.87. The van der Waals surface area contributed by atoms with E-state index in [1.807, 2.05) is 19.9 Å². The number of hydrogen-bond donors (Lipinski definition) is 5. The summed E-state index contributed by atoms with van der Waals surface area (Å²) in [4.78, 5) is 61.9. The zero-order valence-corrected chi connectivity index (χ0v) is 22.2. The predicted octanol–water partition coefficient (Wildman–Crippen LogP) is 0.748. The van der Waals surface area contributed by atoms with Crippen LogP contribution in [0, 0.1) is 11.8 Å². The molecule has 1 aromatic carbocycles. The minimum Gasteiger partial charge on any atom is -0.445 e. The molecule has 0 spiro atoms. The summed E-state index contributed by atoms with van der Waals surface area (Å²) >= 11 is 0. The highest BCUT2D eigenvalue weighted by molar-refractivity contribution is 5.94. The molecule has 0 aromatic heterocycles. The Morgan fingerprint density at radius 1 is 0.947 bits per heavy atom. The number of amides is 4. The van der Waals surface area contributed by atoms with Crippen molar-refractivity contribution >= 4 is 29.8 Å². The molecule has 38 heavy (non-hydrogen) atoms. The molecule has 0 radical (unpaired) electrons. The van der Waals surface area contributed by atoms with Gasteiger partial charge in [-0.25, -0.2) is 9.59 Å². The number of aliphatic hydroxyl groups excluding tert-OH is 1. The van der Waals surface area contributed by atoms with Gasteiger partial charge in [0.05, 0.1) is 12.9 Å². The first kappa shape index (κ1) is 32.1. The minimum atomic E-state index is -1.39. The fourth-order valence-corrected chi connectivity index (χ4v) is 3.26. The molecule has 1 rings (SSSR count). The van der Waals surface area contributed by atoms with E-state index in [4.69, 9.17) is 9.47 Å². The topological polar surface area (TPSA) is 172 Å². The maximum atomic E-state index is 12.9. The lowest BCUT2D eigenvalue weighted by atomic mass is 10.0. The van der Waals surface area contributed by atoms with Crippen LogP contribution in [0.5, 0.6) is 0 Å². The Balaban J connectivity index is 2.67. The molecule has 0 aliphatic carbocycles. The molecule has 5 N–H and O–H groups in total. The van der Waals surface area contributed by atoms with Crippen molar-refractivity contribution in [3.63, 3.8) is 0 Å². The maximum Gasteiger partial charge on any atom is 0.407 e. The van der Waals surface area contributed by atoms with Crippen molar-refractivity contribution in [3.05, 3.63) is 48.7 Å². The number of rotatable bonds is 15. The summed E-state index contributed by atoms with van der Waals surface area (Å²) in [5, 5.41) is 19.4. The number of carbonyl (C=O) groups excluding carboxylic acids is 5. The molecule has 0 fully saturated rings. The first-order valence-electron chi connectivity index (χ1n) is 12.2. The van der Waals surface area contributed by atoms with Gasteiger partial charge in [0.1, 0.15) is 31.3 Å². The highest BCUT2D eigenvalue weighted by Crippen LogP contribution is 2.08. The van der Waals surface area contributed by atoms with E-state index in [9.17, 15) is 29.1 Å². The number of alkyl carbamates (subject to hydrolysis) is 1. The quantitative estimate of drug-likeness (QED) is 0.162. The van der Waals surface area contributed by atoms with Crippen molar-refractivity contribution in [1.29, 1.82) is 0 Å². The van der Waals surface area contributed by atoms with E-state index in [1.54, 1.807) is 38.1 Å². The molecular weight excluding hydrogens is 496 g/mol. The standard InChI is InChI=1S/C26H38N4O8/c1-6-37-25(35)19(12-16(2)3)28-23(33)20(14-31)29-24(34)22(17(4)5)30-21(32)13-27-26(36)38-15-18-10-8-7-9-11-18/h6-11,16-17,19-20,22,31H,1,12-15H2,2-5H3,(H,27,36)(H,28,33)(H,29,34)(H,30,32)/t19-,20-,22-/m0/s1. The Hall–Kier alpha value is -3.93. The summed E-state index contributed by atoms with van der Waals surface area (Å²) in [6, 6.07) is 5.50. The molecule has 12 heteroatoms. The summed E-state index contributed by atoms with van der Waals surface area (Å²) < 4.78 is 9.80. The van der Waals surface area contributed by atoms with Gasteiger partial charge < -0.3 is 35.8 Å². The lowest BCUT2D eigenvalue weighted by molar-refractivity contribution is -0.143. The van der Waals surface area contributed by atoms with Gasteiger partial charge in [0.2, 0.25) is 17.7 Å². The second-order valence-corrected chi connectivity index (χ2v) is 9.24. The van der Waals surface area contributed by atoms with Crippen LogP contribution >= 0.6 is 0 Å². The number of hydrogen-bond acceptors (Lipinski definition) is 8. The number of ether oxygens (including phenoxy) is 2. The number of nitrogens with one attached hydrogen (secondary N) is 4. The molecule has 4 amide bonds. The first-order chi connectivity index (χ1) is 18.0. The van der Waals surface area contributed by atoms with Gasteiger partial charge in [-0.3, -0.25) is 14.4 Å². The summed E-state index contributed by atoms with van der Waals surface area (Å²) in [6.45, 7) is 9.18. The molecule has 0 saturated heterocycles. The Labute approximate surface area is 222 Å². The molecule has 0 heterocycles. The molecule has 210 valence electrons. The number of esters is 1. The maximum absolute atomic E-state index is 12.9. The van der Waals surface area contributed by atoms with E-state index < -0.39 is 67.0 Å². The Kier molecular flexibility index (Phi) is 14.1. The SMILES string of the molecule is C=COC(=O)[C@H](CC(C)C)NC(=O)[C@H](CO)NC(=O)[C@@H](NC(=O)CNC(=O)OCc1ccccc1)C(C)C. The van der Waals surface area contributed by atoms with Gasteiger partial charge in [0.25, 0.3) is 0 Å². The van der Waals surface area contributed by atoms with Gasteiger partial charge in [-0.2, -0.15) is 0 Å². The second kappa shape index (κ2) is 16.7. The van der Waals surface area contributed by atoms with E-state index in [2.05, 4.69) is 27.8 Å². The molecule has 12 nitrogen and oxygen atoms in total. The Bertz CT molecular complexity index is 952. The fourth-order valence-electron chi connectivity index (χ4n) is 3.26. The van der Waals surface area contributed by atoms with Gasteiger partial charge in [0, 0.05) is 0 Å². The van der Waals surface area contributed by atoms with Crippen LogP contribution in [0.2, 0.25) is 0 Å². The molecule has 0 saturated carbocycles. The van der Waals surface area contributed by atoms with Crippen LogP contribution in [0.15, 0.2) is 43.2 Å². The molecule has 0 bridgehead atoms. The van der Waals surface area contributed by atoms with Gasteiger partial charge in [-0.05, 0) is 23.8 Å². The van der Waals surface area contributed by atoms with Crippen molar-refractivity contribution in [2.75, 3.05) is 13.2 Å². The smallest absolute Gasteiger partial charge is 0.407 e. The number of benzene rings is 1. The van der Waals surface area contributed by atoms with Crippen LogP contribution < -0.4 is 21.3 Å². The second-order valence-electron chi connectivity index (χ2n) is 9.24. The molecular formula is C26H38N4O8. The third-order valence-corrected chi connectivity index (χ3v) is 5.19. The number of aliphatic hydroxyl groups is 1. The van der Waals surface area contributed by atoms with Gasteiger partial charge in [-0.1, -0.05) is 64.6 Å². The van der Waals surface area contributed by atoms with Gasteiger partial charge in [-0.15, -0.1) is 0 Å². The summed E-state index contributed by atoms with van der Waals surface area (Å²) in [5.41, 5.74) is 0.777. The largest absolute Gasteiger partial charge is 0.445 e. The lowest BCUT2D eigenvalue weighted by Gasteiger charge is -2.26. The predicted molar refractivity (Wildman–Crippen MR) is 138 cm³/mol. The highest BCUT2D eigenvalue weighted by atomic mass is 16.5. The third kappa shape index (κ3) is 11.9. The Morgan fingerprint density at radius 2 is 1.58 bits per heavy atom. The van der Waals surface area contributed by atoms with Crippen LogP contribution in [0.25, 0.3) is 0 Å². The van der Waals surface area contributed by atoms with Crippen molar-refractivity contribution in [2.45, 2.75) is 58.8 Å². The van der Waals surface area contributed by atoms with Crippen LogP contribution in [0.4, 0.5) is 4.79 Å². The highest BCUT2D eigenvalue weighted by Gasteiger charge is 2.31. The monoisotopic (exact) mass is 534 g/mol. The van der Waals surface area contributed by atoms with Crippen molar-refractivity contribution in [3.8, 4) is 0 Å². The average molecular weight is 535 g/mol. The zero-order chi connectivity index (χ0) is 28.7. The summed E-state index contributed by atoms with van der Waals surface area (Å²) in [5.74, 6) is -3.29. The van der Waals surface area contributed by atoms with Gasteiger partial charge in [0.15, 0.2) is 0 Å². The van der Waals surface area contributed by atoms with Gasteiger partial charge >= 0.3 is 12.1 Å². The third-order valence-electron chi connectivity index (χ3n) is 5.19. The normalized spacial score (nSPS) is 13.0. The number of carbonyl (C=O) groups is 5. The fraction of sp³-hybridized carbons (Fsp3) is 0.500. The van der Waals surface area contributed by atoms with Crippen molar-refractivity contribution < 1.29 is 38.6 Å². The summed E-state index contributed by atoms with van der Waals surface area (Å²) in [7, 11) is 0. The van der Waals surface area contributed by atoms with Crippen molar-refractivity contribution in [2.24, 2.45) is 11.8 Å². The molecule has 3 atom stereocenters. The minimum absolute atomic E-state index is 0.0271. The van der Waals surface area contributed by atoms with Crippen LogP contribution in [0.3, 0.4) is 0 Å². The zero-order valence-electron chi connectivity index (χ0n) is 22.2. The van der Waals surface area contributed by atoms with Crippen LogP contribution in [-0.2, 0) is 35.3 Å². The van der Waals surface area contributed by atoms with E-state index in [1.165, 1.54) is 0 Å².